The van der Waals surface area contributed by atoms with Crippen molar-refractivity contribution in [1.82, 2.24) is 19.5 Å². The van der Waals surface area contributed by atoms with Crippen LogP contribution in [0.25, 0.3) is 0 Å². The van der Waals surface area contributed by atoms with Crippen LogP contribution in [-0.2, 0) is 10.0 Å². The maximum absolute atomic E-state index is 12.9. The molecular formula is C20H21BrN6O2S. The minimum absolute atomic E-state index is 0.290. The van der Waals surface area contributed by atoms with Gasteiger partial charge in [0.25, 0.3) is 0 Å². The average Bonchev–Trinajstić information content (AvgIpc) is 2.76. The van der Waals surface area contributed by atoms with Crippen LogP contribution in [0.1, 0.15) is 5.56 Å². The molecule has 0 unspecified atom stereocenters. The Hall–Kier alpha value is -2.56. The van der Waals surface area contributed by atoms with Crippen molar-refractivity contribution in [3.05, 3.63) is 64.8 Å². The number of hydrogen-bond donors (Lipinski definition) is 1. The van der Waals surface area contributed by atoms with Crippen molar-refractivity contribution in [2.45, 2.75) is 11.8 Å². The van der Waals surface area contributed by atoms with Gasteiger partial charge < -0.3 is 10.2 Å². The van der Waals surface area contributed by atoms with Crippen LogP contribution in [-0.4, -0.2) is 54.1 Å². The third kappa shape index (κ3) is 4.45. The van der Waals surface area contributed by atoms with E-state index in [1.165, 1.54) is 4.31 Å². The highest BCUT2D eigenvalue weighted by Crippen LogP contribution is 2.26. The first-order chi connectivity index (χ1) is 14.4. The van der Waals surface area contributed by atoms with Crippen molar-refractivity contribution in [2.75, 3.05) is 36.4 Å². The second-order valence-corrected chi connectivity index (χ2v) is 9.70. The van der Waals surface area contributed by atoms with Gasteiger partial charge in [-0.25, -0.2) is 13.4 Å². The van der Waals surface area contributed by atoms with Crippen LogP contribution in [0.15, 0.2) is 64.1 Å². The molecule has 1 N–H and O–H groups in total. The summed E-state index contributed by atoms with van der Waals surface area (Å²) in [6, 6.07) is 14.5. The van der Waals surface area contributed by atoms with E-state index in [0.29, 0.717) is 47.2 Å². The first kappa shape index (κ1) is 20.7. The molecule has 0 spiro atoms. The lowest BCUT2D eigenvalue weighted by atomic mass is 10.3. The van der Waals surface area contributed by atoms with E-state index >= 15 is 0 Å². The largest absolute Gasteiger partial charge is 0.352 e. The Balaban J connectivity index is 1.39. The quantitative estimate of drug-likeness (QED) is 0.589. The number of nitrogens with one attached hydrogen (secondary N) is 1. The van der Waals surface area contributed by atoms with Crippen molar-refractivity contribution in [3.8, 4) is 0 Å². The second kappa shape index (κ2) is 8.66. The van der Waals surface area contributed by atoms with Gasteiger partial charge in [-0.3, -0.25) is 0 Å². The van der Waals surface area contributed by atoms with E-state index < -0.39 is 10.0 Å². The SMILES string of the molecule is Cc1ccc(Nc2ccc(N3CCN(S(=O)(=O)c4ccccc4Br)CC3)nn2)nc1. The van der Waals surface area contributed by atoms with Crippen molar-refractivity contribution < 1.29 is 8.42 Å². The maximum Gasteiger partial charge on any atom is 0.244 e. The molecular weight excluding hydrogens is 468 g/mol. The normalized spacial score (nSPS) is 15.2. The summed E-state index contributed by atoms with van der Waals surface area (Å²) in [7, 11) is -3.54. The molecule has 156 valence electrons. The van der Waals surface area contributed by atoms with Gasteiger partial charge in [0.05, 0.1) is 4.90 Å². The number of halogens is 1. The molecule has 1 aromatic carbocycles. The molecule has 1 saturated heterocycles. The molecule has 3 heterocycles. The number of benzene rings is 1. The number of hydrogen-bond acceptors (Lipinski definition) is 7. The molecule has 0 aliphatic carbocycles. The Morgan fingerprint density at radius 2 is 1.67 bits per heavy atom. The third-order valence-electron chi connectivity index (χ3n) is 4.84. The van der Waals surface area contributed by atoms with Crippen molar-refractivity contribution in [2.24, 2.45) is 0 Å². The number of nitrogens with zero attached hydrogens (tertiary/aromatic N) is 5. The van der Waals surface area contributed by atoms with Crippen LogP contribution >= 0.6 is 15.9 Å². The molecule has 4 rings (SSSR count). The third-order valence-corrected chi connectivity index (χ3v) is 7.75. The number of sulfonamides is 1. The van der Waals surface area contributed by atoms with Crippen LogP contribution in [0.4, 0.5) is 17.5 Å². The van der Waals surface area contributed by atoms with E-state index in [1.54, 1.807) is 30.5 Å². The summed E-state index contributed by atoms with van der Waals surface area (Å²) >= 11 is 3.34. The lowest BCUT2D eigenvalue weighted by Crippen LogP contribution is -2.49. The summed E-state index contributed by atoms with van der Waals surface area (Å²) in [5.41, 5.74) is 1.09. The van der Waals surface area contributed by atoms with Gasteiger partial charge in [0, 0.05) is 36.8 Å². The van der Waals surface area contributed by atoms with E-state index in [0.717, 1.165) is 11.4 Å². The topological polar surface area (TPSA) is 91.3 Å². The summed E-state index contributed by atoms with van der Waals surface area (Å²) in [6.45, 7) is 3.85. The van der Waals surface area contributed by atoms with E-state index in [4.69, 9.17) is 0 Å². The van der Waals surface area contributed by atoms with Crippen LogP contribution < -0.4 is 10.2 Å². The Kier molecular flexibility index (Phi) is 5.98. The molecule has 0 saturated carbocycles. The van der Waals surface area contributed by atoms with Crippen LogP contribution in [0.2, 0.25) is 0 Å². The van der Waals surface area contributed by atoms with Gasteiger partial charge in [-0.2, -0.15) is 4.31 Å². The summed E-state index contributed by atoms with van der Waals surface area (Å²) in [5.74, 6) is 2.02. The van der Waals surface area contributed by atoms with Gasteiger partial charge in [0.15, 0.2) is 11.6 Å². The molecule has 2 aromatic heterocycles. The minimum Gasteiger partial charge on any atom is -0.352 e. The zero-order chi connectivity index (χ0) is 21.1. The minimum atomic E-state index is -3.54. The highest BCUT2D eigenvalue weighted by molar-refractivity contribution is 9.10. The number of piperazine rings is 1. The zero-order valence-corrected chi connectivity index (χ0v) is 18.8. The summed E-state index contributed by atoms with van der Waals surface area (Å²) in [6.07, 6.45) is 1.78. The van der Waals surface area contributed by atoms with Crippen LogP contribution in [0.3, 0.4) is 0 Å². The molecule has 3 aromatic rings. The monoisotopic (exact) mass is 488 g/mol. The Morgan fingerprint density at radius 1 is 0.933 bits per heavy atom. The fraction of sp³-hybridized carbons (Fsp3) is 0.250. The summed E-state index contributed by atoms with van der Waals surface area (Å²) in [4.78, 5) is 6.62. The first-order valence-corrected chi connectivity index (χ1v) is 11.7. The number of aromatic nitrogens is 3. The molecule has 1 fully saturated rings. The molecule has 0 radical (unpaired) electrons. The van der Waals surface area contributed by atoms with Crippen LogP contribution in [0, 0.1) is 6.92 Å². The molecule has 1 aliphatic rings. The lowest BCUT2D eigenvalue weighted by Gasteiger charge is -2.34. The smallest absolute Gasteiger partial charge is 0.244 e. The molecule has 0 bridgehead atoms. The lowest BCUT2D eigenvalue weighted by molar-refractivity contribution is 0.383. The molecule has 1 aliphatic heterocycles. The van der Waals surface area contributed by atoms with Crippen molar-refractivity contribution >= 4 is 43.4 Å². The fourth-order valence-corrected chi connectivity index (χ4v) is 5.57. The van der Waals surface area contributed by atoms with Crippen molar-refractivity contribution in [3.63, 3.8) is 0 Å². The average molecular weight is 489 g/mol. The zero-order valence-electron chi connectivity index (χ0n) is 16.4. The Labute approximate surface area is 184 Å². The molecule has 8 nitrogen and oxygen atoms in total. The highest BCUT2D eigenvalue weighted by atomic mass is 79.9. The molecule has 0 amide bonds. The predicted octanol–water partition coefficient (Wildman–Crippen LogP) is 3.20. The van der Waals surface area contributed by atoms with Crippen molar-refractivity contribution in [1.29, 1.82) is 0 Å². The molecule has 0 atom stereocenters. The first-order valence-electron chi connectivity index (χ1n) is 9.46. The molecule has 10 heteroatoms. The van der Waals surface area contributed by atoms with E-state index in [1.807, 2.05) is 36.1 Å². The van der Waals surface area contributed by atoms with E-state index in [-0.39, 0.29) is 0 Å². The van der Waals surface area contributed by atoms with Gasteiger partial charge >= 0.3 is 0 Å². The van der Waals surface area contributed by atoms with Gasteiger partial charge in [-0.1, -0.05) is 18.2 Å². The van der Waals surface area contributed by atoms with E-state index in [9.17, 15) is 8.42 Å². The standard InChI is InChI=1S/C20H21BrN6O2S/c1-15-6-7-18(22-14-15)23-19-8-9-20(25-24-19)26-10-12-27(13-11-26)30(28,29)17-5-3-2-4-16(17)21/h2-9,14H,10-13H2,1H3,(H,22,23,24). The molecule has 30 heavy (non-hydrogen) atoms. The fourth-order valence-electron chi connectivity index (χ4n) is 3.18. The number of anilines is 3. The van der Waals surface area contributed by atoms with Crippen LogP contribution in [0.5, 0.6) is 0 Å². The van der Waals surface area contributed by atoms with Gasteiger partial charge in [-0.05, 0) is 58.7 Å². The number of rotatable bonds is 5. The predicted molar refractivity (Wildman–Crippen MR) is 119 cm³/mol. The highest BCUT2D eigenvalue weighted by Gasteiger charge is 2.30. The van der Waals surface area contributed by atoms with Gasteiger partial charge in [0.2, 0.25) is 10.0 Å². The number of aryl methyl sites for hydroxylation is 1. The summed E-state index contributed by atoms with van der Waals surface area (Å²) in [5, 5.41) is 11.6. The van der Waals surface area contributed by atoms with Gasteiger partial charge in [-0.15, -0.1) is 10.2 Å². The van der Waals surface area contributed by atoms with E-state index in [2.05, 4.69) is 36.4 Å². The number of pyridine rings is 1. The Bertz CT molecular complexity index is 1110. The second-order valence-electron chi connectivity index (χ2n) is 6.94. The maximum atomic E-state index is 12.9. The van der Waals surface area contributed by atoms with Gasteiger partial charge in [0.1, 0.15) is 5.82 Å². The summed E-state index contributed by atoms with van der Waals surface area (Å²) < 4.78 is 27.9. The Morgan fingerprint density at radius 3 is 2.30 bits per heavy atom.